The van der Waals surface area contributed by atoms with E-state index in [1.807, 2.05) is 32.8 Å². The summed E-state index contributed by atoms with van der Waals surface area (Å²) in [5.74, 6) is -0.409. The number of aliphatic carboxylic acids is 1. The Morgan fingerprint density at radius 1 is 1.38 bits per heavy atom. The average molecular weight is 360 g/mol. The molecule has 2 heterocycles. The minimum Gasteiger partial charge on any atom is -0.481 e. The highest BCUT2D eigenvalue weighted by Crippen LogP contribution is 2.25. The molecule has 0 saturated carbocycles. The van der Waals surface area contributed by atoms with Crippen LogP contribution in [0, 0.1) is 11.8 Å². The zero-order valence-electron chi connectivity index (χ0n) is 15.9. The van der Waals surface area contributed by atoms with Crippen LogP contribution in [0.3, 0.4) is 0 Å². The molecule has 3 atom stereocenters. The molecule has 142 valence electrons. The number of hydrazone groups is 1. The van der Waals surface area contributed by atoms with E-state index in [1.165, 1.54) is 0 Å². The molecule has 3 unspecified atom stereocenters. The number of nitrogens with one attached hydrogen (secondary N) is 1. The van der Waals surface area contributed by atoms with E-state index in [-0.39, 0.29) is 12.0 Å². The lowest BCUT2D eigenvalue weighted by molar-refractivity contribution is -0.143. The first-order valence-electron chi connectivity index (χ1n) is 8.98. The largest absolute Gasteiger partial charge is 0.481 e. The van der Waals surface area contributed by atoms with Crippen molar-refractivity contribution in [1.29, 1.82) is 0 Å². The fraction of sp³-hybridized carbons (Fsp3) is 0.611. The maximum absolute atomic E-state index is 11.9. The Bertz CT molecular complexity index is 656. The molecule has 0 aromatic carbocycles. The van der Waals surface area contributed by atoms with Gasteiger partial charge < -0.3 is 10.0 Å². The van der Waals surface area contributed by atoms with Gasteiger partial charge in [0.1, 0.15) is 5.84 Å². The van der Waals surface area contributed by atoms with Gasteiger partial charge in [-0.25, -0.2) is 9.97 Å². The average Bonchev–Trinajstić information content (AvgIpc) is 2.82. The van der Waals surface area contributed by atoms with Crippen LogP contribution in [0.25, 0.3) is 0 Å². The van der Waals surface area contributed by atoms with Crippen LogP contribution in [-0.2, 0) is 11.2 Å². The molecule has 0 fully saturated rings. The van der Waals surface area contributed by atoms with Gasteiger partial charge in [-0.2, -0.15) is 5.10 Å². The van der Waals surface area contributed by atoms with E-state index < -0.39 is 11.9 Å². The third-order valence-electron chi connectivity index (χ3n) is 4.38. The van der Waals surface area contributed by atoms with Gasteiger partial charge in [0.15, 0.2) is 0 Å². The van der Waals surface area contributed by atoms with Crippen LogP contribution in [0.15, 0.2) is 22.5 Å². The number of amidine groups is 1. The van der Waals surface area contributed by atoms with Crippen molar-refractivity contribution in [3.05, 3.63) is 18.0 Å². The van der Waals surface area contributed by atoms with Crippen LogP contribution in [0.4, 0.5) is 5.95 Å². The quantitative estimate of drug-likeness (QED) is 0.735. The fourth-order valence-corrected chi connectivity index (χ4v) is 2.99. The highest BCUT2D eigenvalue weighted by atomic mass is 16.4. The van der Waals surface area contributed by atoms with Gasteiger partial charge in [0, 0.05) is 45.0 Å². The Kier molecular flexibility index (Phi) is 7.06. The van der Waals surface area contributed by atoms with Gasteiger partial charge in [-0.15, -0.1) is 0 Å². The lowest BCUT2D eigenvalue weighted by atomic mass is 9.83. The van der Waals surface area contributed by atoms with Crippen molar-refractivity contribution in [3.63, 3.8) is 0 Å². The summed E-state index contributed by atoms with van der Waals surface area (Å²) in [6, 6.07) is 0.0645. The van der Waals surface area contributed by atoms with Gasteiger partial charge in [0.25, 0.3) is 0 Å². The molecule has 2 rings (SSSR count). The van der Waals surface area contributed by atoms with Gasteiger partial charge in [0.05, 0.1) is 12.0 Å². The van der Waals surface area contributed by atoms with Crippen LogP contribution < -0.4 is 10.3 Å². The molecule has 0 saturated heterocycles. The second-order valence-electron chi connectivity index (χ2n) is 6.85. The Morgan fingerprint density at radius 2 is 2.08 bits per heavy atom. The molecular weight excluding hydrogens is 332 g/mol. The van der Waals surface area contributed by atoms with E-state index in [1.54, 1.807) is 18.6 Å². The van der Waals surface area contributed by atoms with Gasteiger partial charge in [-0.1, -0.05) is 13.3 Å². The summed E-state index contributed by atoms with van der Waals surface area (Å²) in [7, 11) is 3.76. The van der Waals surface area contributed by atoms with Crippen molar-refractivity contribution < 1.29 is 9.90 Å². The summed E-state index contributed by atoms with van der Waals surface area (Å²) in [5.41, 5.74) is 3.85. The first-order valence-corrected chi connectivity index (χ1v) is 8.98. The van der Waals surface area contributed by atoms with Gasteiger partial charge >= 0.3 is 5.97 Å². The Balaban J connectivity index is 2.32. The van der Waals surface area contributed by atoms with Gasteiger partial charge in [-0.05, 0) is 25.3 Å². The number of carboxylic acids is 1. The summed E-state index contributed by atoms with van der Waals surface area (Å²) < 4.78 is 0. The predicted octanol–water partition coefficient (Wildman–Crippen LogP) is 1.97. The summed E-state index contributed by atoms with van der Waals surface area (Å²) in [6.07, 6.45) is 7.89. The van der Waals surface area contributed by atoms with E-state index in [2.05, 4.69) is 25.5 Å². The fourth-order valence-electron chi connectivity index (χ4n) is 2.99. The Morgan fingerprint density at radius 3 is 2.65 bits per heavy atom. The number of carbonyl (C=O) groups is 1. The third kappa shape index (κ3) is 5.24. The predicted molar refractivity (Wildman–Crippen MR) is 103 cm³/mol. The van der Waals surface area contributed by atoms with Crippen LogP contribution in [-0.4, -0.2) is 53.2 Å². The minimum atomic E-state index is -0.812. The lowest BCUT2D eigenvalue weighted by Gasteiger charge is -2.25. The zero-order chi connectivity index (χ0) is 19.1. The molecule has 26 heavy (non-hydrogen) atoms. The van der Waals surface area contributed by atoms with E-state index in [4.69, 9.17) is 0 Å². The van der Waals surface area contributed by atoms with Crippen molar-refractivity contribution in [2.45, 2.75) is 45.6 Å². The molecule has 8 nitrogen and oxygen atoms in total. The van der Waals surface area contributed by atoms with Crippen LogP contribution in [0.2, 0.25) is 0 Å². The standard InChI is InChI=1S/C18H28N6O2/c1-5-6-14(17(25)26)15(16-22-12(2)7-8-21-23-16)9-13-10-19-18(20-11-13)24(3)4/h8,10-12,14-15H,5-7,9H2,1-4H3,(H,22,23)(H,25,26). The second-order valence-corrected chi connectivity index (χ2v) is 6.85. The first-order chi connectivity index (χ1) is 12.4. The SMILES string of the molecule is CCCC(C(=O)O)C(Cc1cnc(N(C)C)nc1)C1=NC(C)CC=NN1. The molecule has 1 aromatic heterocycles. The van der Waals surface area contributed by atoms with Gasteiger partial charge in [0.2, 0.25) is 5.95 Å². The van der Waals surface area contributed by atoms with E-state index in [0.717, 1.165) is 18.4 Å². The summed E-state index contributed by atoms with van der Waals surface area (Å²) in [6.45, 7) is 3.99. The molecule has 0 radical (unpaired) electrons. The molecule has 8 heteroatoms. The maximum atomic E-state index is 11.9. The van der Waals surface area contributed by atoms with Crippen molar-refractivity contribution in [2.24, 2.45) is 21.9 Å². The molecule has 1 aliphatic heterocycles. The van der Waals surface area contributed by atoms with Crippen molar-refractivity contribution in [3.8, 4) is 0 Å². The number of rotatable bonds is 8. The van der Waals surface area contributed by atoms with Gasteiger partial charge in [-0.3, -0.25) is 15.2 Å². The van der Waals surface area contributed by atoms with E-state index in [9.17, 15) is 9.90 Å². The molecule has 1 aromatic rings. The zero-order valence-corrected chi connectivity index (χ0v) is 15.9. The molecule has 2 N–H and O–H groups in total. The number of hydrogen-bond donors (Lipinski definition) is 2. The first kappa shape index (κ1) is 19.8. The number of nitrogens with zero attached hydrogens (tertiary/aromatic N) is 5. The van der Waals surface area contributed by atoms with Crippen LogP contribution in [0.5, 0.6) is 0 Å². The smallest absolute Gasteiger partial charge is 0.307 e. The highest BCUT2D eigenvalue weighted by molar-refractivity contribution is 5.90. The van der Waals surface area contributed by atoms with Crippen molar-refractivity contribution in [1.82, 2.24) is 15.4 Å². The van der Waals surface area contributed by atoms with Crippen LogP contribution >= 0.6 is 0 Å². The molecule has 0 aliphatic carbocycles. The number of aliphatic imine (C=N–C) groups is 1. The van der Waals surface area contributed by atoms with Crippen molar-refractivity contribution in [2.75, 3.05) is 19.0 Å². The summed E-state index contributed by atoms with van der Waals surface area (Å²) in [5, 5.41) is 13.9. The number of hydrogen-bond acceptors (Lipinski definition) is 7. The number of anilines is 1. The molecule has 0 bridgehead atoms. The van der Waals surface area contributed by atoms with Crippen LogP contribution in [0.1, 0.15) is 38.7 Å². The Hall–Kier alpha value is -2.51. The monoisotopic (exact) mass is 360 g/mol. The highest BCUT2D eigenvalue weighted by Gasteiger charge is 2.32. The summed E-state index contributed by atoms with van der Waals surface area (Å²) >= 11 is 0. The third-order valence-corrected chi connectivity index (χ3v) is 4.38. The summed E-state index contributed by atoms with van der Waals surface area (Å²) in [4.78, 5) is 27.1. The maximum Gasteiger partial charge on any atom is 0.307 e. The molecule has 1 aliphatic rings. The van der Waals surface area contributed by atoms with E-state index >= 15 is 0 Å². The number of aromatic nitrogens is 2. The topological polar surface area (TPSA) is 103 Å². The normalized spacial score (nSPS) is 19.1. The second kappa shape index (κ2) is 9.26. The van der Waals surface area contributed by atoms with Crippen molar-refractivity contribution >= 4 is 24.0 Å². The lowest BCUT2D eigenvalue weighted by Crippen LogP contribution is -2.38. The minimum absolute atomic E-state index is 0.0645. The van der Waals surface area contributed by atoms with E-state index in [0.29, 0.717) is 24.6 Å². The molecule has 0 amide bonds. The Labute approximate surface area is 154 Å². The molecular formula is C18H28N6O2. The number of carboxylic acid groups (broad SMARTS) is 1. The molecule has 0 spiro atoms.